The fraction of sp³-hybridized carbons (Fsp3) is 0.519. The van der Waals surface area contributed by atoms with Crippen molar-refractivity contribution in [1.82, 2.24) is 30.2 Å². The van der Waals surface area contributed by atoms with Gasteiger partial charge in [-0.2, -0.15) is 20.2 Å². The molecule has 0 saturated carbocycles. The summed E-state index contributed by atoms with van der Waals surface area (Å²) >= 11 is 3.26. The highest BCUT2D eigenvalue weighted by atomic mass is 32.2. The summed E-state index contributed by atoms with van der Waals surface area (Å²) in [5, 5.41) is 13.6. The number of nitriles is 1. The molecule has 3 aromatic rings. The first-order valence-electron chi connectivity index (χ1n) is 13.6. The quantitative estimate of drug-likeness (QED) is 0.364. The number of thiophene rings is 1. The van der Waals surface area contributed by atoms with Crippen molar-refractivity contribution in [3.63, 3.8) is 0 Å². The highest BCUT2D eigenvalue weighted by molar-refractivity contribution is 8.00. The number of anilines is 2. The van der Waals surface area contributed by atoms with Gasteiger partial charge in [-0.25, -0.2) is 18.2 Å². The Hall–Kier alpha value is -3.19. The minimum absolute atomic E-state index is 0.0407. The van der Waals surface area contributed by atoms with Gasteiger partial charge in [-0.05, 0) is 26.5 Å². The van der Waals surface area contributed by atoms with Crippen molar-refractivity contribution in [2.75, 3.05) is 50.5 Å². The van der Waals surface area contributed by atoms with Gasteiger partial charge in [-0.15, -0.1) is 23.1 Å². The molecule has 0 amide bonds. The number of fused-ring (bicyclic) bond motifs is 2. The monoisotopic (exact) mass is 617 g/mol. The molecule has 222 valence electrons. The molecular formula is C27H30F3N9OS2. The van der Waals surface area contributed by atoms with E-state index in [9.17, 15) is 18.4 Å². The molecule has 1 spiro atoms. The standard InChI is InChI=1S/C27H30F3N9OS2/c1-14(17-4-3-5-34-23(17)32)39(9-20(29)30)25-35-24(36-26(37-25)40-10-16-6-15(28)8-38(16)2)22-18(7-31)21-19(42-22)11-41-27(21)12-33-13-27/h3-5,14-16,20,33H,6,8-13H2,1-2H3,(H2,32,34)/t14-,15-,16+/m1/s1. The van der Waals surface area contributed by atoms with Crippen molar-refractivity contribution in [1.29, 1.82) is 5.26 Å². The molecule has 3 atom stereocenters. The predicted octanol–water partition coefficient (Wildman–Crippen LogP) is 3.75. The van der Waals surface area contributed by atoms with Crippen LogP contribution in [0.3, 0.4) is 0 Å². The van der Waals surface area contributed by atoms with E-state index in [2.05, 4.69) is 31.3 Å². The lowest BCUT2D eigenvalue weighted by Gasteiger charge is -2.39. The molecule has 0 bridgehead atoms. The fourth-order valence-electron chi connectivity index (χ4n) is 5.76. The summed E-state index contributed by atoms with van der Waals surface area (Å²) in [6.07, 6.45) is -1.84. The van der Waals surface area contributed by atoms with Crippen molar-refractivity contribution < 1.29 is 17.9 Å². The Balaban J connectivity index is 1.43. The zero-order valence-electron chi connectivity index (χ0n) is 23.1. The smallest absolute Gasteiger partial charge is 0.321 e. The molecule has 42 heavy (non-hydrogen) atoms. The number of rotatable bonds is 9. The first kappa shape index (κ1) is 28.9. The molecule has 6 heterocycles. The zero-order chi connectivity index (χ0) is 29.6. The first-order valence-corrected chi connectivity index (χ1v) is 15.4. The number of hydrogen-bond acceptors (Lipinski definition) is 12. The Morgan fingerprint density at radius 3 is 2.79 bits per heavy atom. The lowest BCUT2D eigenvalue weighted by Crippen LogP contribution is -2.53. The molecule has 10 nitrogen and oxygen atoms in total. The molecule has 2 saturated heterocycles. The van der Waals surface area contributed by atoms with Crippen molar-refractivity contribution in [2.24, 2.45) is 0 Å². The highest BCUT2D eigenvalue weighted by Crippen LogP contribution is 2.55. The van der Waals surface area contributed by atoms with E-state index in [0.29, 0.717) is 29.0 Å². The molecular weight excluding hydrogens is 587 g/mol. The van der Waals surface area contributed by atoms with E-state index in [1.807, 2.05) is 23.7 Å². The van der Waals surface area contributed by atoms with Gasteiger partial charge in [0.25, 0.3) is 6.43 Å². The Morgan fingerprint density at radius 2 is 2.14 bits per heavy atom. The van der Waals surface area contributed by atoms with Crippen LogP contribution in [0.15, 0.2) is 18.3 Å². The van der Waals surface area contributed by atoms with E-state index in [1.165, 1.54) is 22.4 Å². The second-order valence-electron chi connectivity index (χ2n) is 10.8. The van der Waals surface area contributed by atoms with E-state index >= 15 is 0 Å². The van der Waals surface area contributed by atoms with Crippen LogP contribution in [0.4, 0.5) is 24.9 Å². The predicted molar refractivity (Wildman–Crippen MR) is 156 cm³/mol. The molecule has 3 N–H and O–H groups in total. The normalized spacial score (nSPS) is 21.7. The lowest BCUT2D eigenvalue weighted by atomic mass is 9.89. The van der Waals surface area contributed by atoms with Crippen LogP contribution in [0.5, 0.6) is 6.01 Å². The van der Waals surface area contributed by atoms with Crippen LogP contribution in [0, 0.1) is 11.3 Å². The number of aromatic nitrogens is 4. The van der Waals surface area contributed by atoms with Crippen LogP contribution in [0.1, 0.15) is 41.0 Å². The number of nitrogen functional groups attached to an aromatic ring is 1. The van der Waals surface area contributed by atoms with Crippen LogP contribution in [0.25, 0.3) is 10.7 Å². The summed E-state index contributed by atoms with van der Waals surface area (Å²) in [6, 6.07) is 4.81. The van der Waals surface area contributed by atoms with Crippen LogP contribution < -0.4 is 20.7 Å². The molecule has 3 aliphatic rings. The van der Waals surface area contributed by atoms with Gasteiger partial charge >= 0.3 is 6.01 Å². The van der Waals surface area contributed by atoms with Crippen LogP contribution in [-0.4, -0.2) is 83.3 Å². The van der Waals surface area contributed by atoms with Gasteiger partial charge in [0.2, 0.25) is 5.95 Å². The first-order chi connectivity index (χ1) is 20.2. The van der Waals surface area contributed by atoms with Crippen LogP contribution in [-0.2, 0) is 10.5 Å². The summed E-state index contributed by atoms with van der Waals surface area (Å²) < 4.78 is 47.8. The number of thioether (sulfide) groups is 1. The second kappa shape index (κ2) is 11.5. The zero-order valence-corrected chi connectivity index (χ0v) is 24.7. The van der Waals surface area contributed by atoms with Gasteiger partial charge in [0.05, 0.1) is 27.8 Å². The average Bonchev–Trinajstić information content (AvgIpc) is 3.60. The van der Waals surface area contributed by atoms with E-state index in [-0.39, 0.29) is 41.0 Å². The number of halogens is 3. The van der Waals surface area contributed by atoms with Crippen molar-refractivity contribution in [3.8, 4) is 22.8 Å². The third-order valence-electron chi connectivity index (χ3n) is 8.08. The van der Waals surface area contributed by atoms with Gasteiger partial charge in [-0.1, -0.05) is 6.07 Å². The van der Waals surface area contributed by atoms with E-state index in [1.54, 1.807) is 19.1 Å². The molecule has 0 radical (unpaired) electrons. The number of nitrogens with one attached hydrogen (secondary N) is 1. The summed E-state index contributed by atoms with van der Waals surface area (Å²) in [7, 11) is 1.82. The molecule has 0 aliphatic carbocycles. The second-order valence-corrected chi connectivity index (χ2v) is 13.2. The molecule has 2 fully saturated rings. The maximum Gasteiger partial charge on any atom is 0.321 e. The summed E-state index contributed by atoms with van der Waals surface area (Å²) in [5.41, 5.74) is 8.13. The Kier molecular flexibility index (Phi) is 7.90. The van der Waals surface area contributed by atoms with E-state index in [4.69, 9.17) is 10.5 Å². The number of nitrogens with zero attached hydrogens (tertiary/aromatic N) is 7. The van der Waals surface area contributed by atoms with Crippen molar-refractivity contribution in [2.45, 2.75) is 48.5 Å². The molecule has 6 rings (SSSR count). The minimum Gasteiger partial charge on any atom is -0.462 e. The Bertz CT molecular complexity index is 1510. The Morgan fingerprint density at radius 1 is 1.33 bits per heavy atom. The lowest BCUT2D eigenvalue weighted by molar-refractivity contribution is 0.151. The third-order valence-corrected chi connectivity index (χ3v) is 10.9. The minimum atomic E-state index is -2.72. The molecule has 0 aromatic carbocycles. The van der Waals surface area contributed by atoms with Crippen molar-refractivity contribution >= 4 is 34.9 Å². The van der Waals surface area contributed by atoms with E-state index < -0.39 is 25.2 Å². The van der Waals surface area contributed by atoms with Gasteiger partial charge in [0, 0.05) is 53.6 Å². The average molecular weight is 618 g/mol. The van der Waals surface area contributed by atoms with Crippen LogP contribution in [0.2, 0.25) is 0 Å². The molecule has 3 aromatic heterocycles. The largest absolute Gasteiger partial charge is 0.462 e. The summed E-state index contributed by atoms with van der Waals surface area (Å²) in [4.78, 5) is 22.6. The summed E-state index contributed by atoms with van der Waals surface area (Å²) in [6.45, 7) is 2.97. The highest BCUT2D eigenvalue weighted by Gasteiger charge is 2.48. The maximum absolute atomic E-state index is 14.0. The number of ether oxygens (including phenoxy) is 1. The van der Waals surface area contributed by atoms with Gasteiger partial charge < -0.3 is 20.7 Å². The van der Waals surface area contributed by atoms with Crippen LogP contribution >= 0.6 is 23.1 Å². The number of hydrogen-bond donors (Lipinski definition) is 2. The van der Waals surface area contributed by atoms with E-state index in [0.717, 1.165) is 29.3 Å². The number of alkyl halides is 3. The Labute approximate surface area is 249 Å². The molecule has 15 heteroatoms. The summed E-state index contributed by atoms with van der Waals surface area (Å²) in [5.74, 6) is 1.11. The SMILES string of the molecule is C[C@H](c1cccnc1N)N(CC(F)F)c1nc(OC[C@@H]2C[C@@H](F)CN2C)nc(-c2sc3c(c2C#N)C2(CNC2)SC3)n1. The third kappa shape index (κ3) is 5.25. The number of nitrogens with two attached hydrogens (primary N) is 1. The fourth-order valence-corrected chi connectivity index (χ4v) is 8.65. The van der Waals surface area contributed by atoms with Crippen molar-refractivity contribution in [3.05, 3.63) is 39.9 Å². The topological polar surface area (TPSA) is 129 Å². The van der Waals surface area contributed by atoms with Gasteiger partial charge in [0.15, 0.2) is 5.82 Å². The van der Waals surface area contributed by atoms with Gasteiger partial charge in [-0.3, -0.25) is 4.90 Å². The number of likely N-dealkylation sites (N-methyl/N-ethyl adjacent to an activating group) is 1. The molecule has 3 aliphatic heterocycles. The number of pyridine rings is 1. The maximum atomic E-state index is 14.0. The molecule has 0 unspecified atom stereocenters. The number of likely N-dealkylation sites (tertiary alicyclic amines) is 1. The van der Waals surface area contributed by atoms with Gasteiger partial charge in [0.1, 0.15) is 24.7 Å².